The number of carboxylic acid groups (broad SMARTS) is 1. The van der Waals surface area contributed by atoms with Gasteiger partial charge < -0.3 is 24.8 Å². The lowest BCUT2D eigenvalue weighted by atomic mass is 10.0. The van der Waals surface area contributed by atoms with Gasteiger partial charge >= 0.3 is 5.97 Å². The molecule has 0 aliphatic carbocycles. The topological polar surface area (TPSA) is 96.2 Å². The SMILES string of the molecule is CC(CCCCCCCCCCCCCCCCCC(=O)O)OC1OC(C)C(O)CC1O. The van der Waals surface area contributed by atoms with Crippen molar-refractivity contribution in [3.63, 3.8) is 0 Å². The Morgan fingerprint density at radius 3 is 1.72 bits per heavy atom. The number of carboxylic acids is 1. The fourth-order valence-electron chi connectivity index (χ4n) is 4.37. The fourth-order valence-corrected chi connectivity index (χ4v) is 4.37. The number of carbonyl (C=O) groups is 1. The Kier molecular flexibility index (Phi) is 17.2. The third-order valence-electron chi connectivity index (χ3n) is 6.56. The molecule has 0 aromatic rings. The lowest BCUT2D eigenvalue weighted by molar-refractivity contribution is -0.273. The van der Waals surface area contributed by atoms with Crippen LogP contribution in [-0.2, 0) is 14.3 Å². The summed E-state index contributed by atoms with van der Waals surface area (Å²) in [6.07, 6.45) is 18.0. The second-order valence-corrected chi connectivity index (χ2v) is 9.76. The van der Waals surface area contributed by atoms with Gasteiger partial charge in [0.2, 0.25) is 0 Å². The van der Waals surface area contributed by atoms with Crippen molar-refractivity contribution in [2.45, 2.75) is 160 Å². The number of unbranched alkanes of at least 4 members (excludes halogenated alkanes) is 14. The normalized spacial score (nSPS) is 24.5. The zero-order chi connectivity index (χ0) is 23.6. The van der Waals surface area contributed by atoms with E-state index in [9.17, 15) is 15.0 Å². The highest BCUT2D eigenvalue weighted by Crippen LogP contribution is 2.23. The first kappa shape index (κ1) is 29.3. The predicted octanol–water partition coefficient (Wildman–Crippen LogP) is 5.96. The van der Waals surface area contributed by atoms with Crippen LogP contribution in [0.25, 0.3) is 0 Å². The molecule has 1 fully saturated rings. The zero-order valence-corrected chi connectivity index (χ0v) is 20.7. The smallest absolute Gasteiger partial charge is 0.303 e. The molecule has 1 aliphatic rings. The molecule has 6 nitrogen and oxygen atoms in total. The summed E-state index contributed by atoms with van der Waals surface area (Å²) in [5.41, 5.74) is 0. The van der Waals surface area contributed by atoms with Crippen LogP contribution in [0.15, 0.2) is 0 Å². The van der Waals surface area contributed by atoms with Crippen molar-refractivity contribution in [1.29, 1.82) is 0 Å². The van der Waals surface area contributed by atoms with Crippen molar-refractivity contribution in [2.75, 3.05) is 0 Å². The molecule has 0 aromatic heterocycles. The van der Waals surface area contributed by atoms with E-state index in [1.165, 1.54) is 77.0 Å². The average Bonchev–Trinajstić information content (AvgIpc) is 2.74. The van der Waals surface area contributed by atoms with Gasteiger partial charge in [-0.25, -0.2) is 0 Å². The van der Waals surface area contributed by atoms with Crippen molar-refractivity contribution in [3.05, 3.63) is 0 Å². The first-order valence-corrected chi connectivity index (χ1v) is 13.3. The van der Waals surface area contributed by atoms with Crippen LogP contribution in [0.3, 0.4) is 0 Å². The van der Waals surface area contributed by atoms with E-state index < -0.39 is 24.5 Å². The first-order valence-electron chi connectivity index (χ1n) is 13.3. The van der Waals surface area contributed by atoms with Crippen LogP contribution in [0, 0.1) is 0 Å². The number of aliphatic hydroxyl groups is 2. The third kappa shape index (κ3) is 15.2. The molecule has 0 spiro atoms. The van der Waals surface area contributed by atoms with Crippen LogP contribution < -0.4 is 0 Å². The molecule has 190 valence electrons. The molecular formula is C26H50O6. The summed E-state index contributed by atoms with van der Waals surface area (Å²) in [7, 11) is 0. The van der Waals surface area contributed by atoms with E-state index in [2.05, 4.69) is 0 Å². The lowest BCUT2D eigenvalue weighted by Gasteiger charge is -2.36. The number of aliphatic carboxylic acids is 1. The van der Waals surface area contributed by atoms with Gasteiger partial charge in [0.1, 0.15) is 6.10 Å². The number of rotatable bonds is 20. The molecule has 0 bridgehead atoms. The summed E-state index contributed by atoms with van der Waals surface area (Å²) in [6, 6.07) is 0. The van der Waals surface area contributed by atoms with Gasteiger partial charge in [0, 0.05) is 12.8 Å². The van der Waals surface area contributed by atoms with Crippen molar-refractivity contribution < 1.29 is 29.6 Å². The van der Waals surface area contributed by atoms with Crippen molar-refractivity contribution >= 4 is 5.97 Å². The van der Waals surface area contributed by atoms with Crippen LogP contribution in [0.1, 0.15) is 129 Å². The highest BCUT2D eigenvalue weighted by molar-refractivity contribution is 5.66. The van der Waals surface area contributed by atoms with Crippen LogP contribution >= 0.6 is 0 Å². The summed E-state index contributed by atoms with van der Waals surface area (Å²) in [6.45, 7) is 3.85. The van der Waals surface area contributed by atoms with Crippen LogP contribution in [0.5, 0.6) is 0 Å². The molecule has 0 aromatic carbocycles. The van der Waals surface area contributed by atoms with E-state index in [1.807, 2.05) is 13.8 Å². The molecular weight excluding hydrogens is 408 g/mol. The molecule has 0 radical (unpaired) electrons. The van der Waals surface area contributed by atoms with Gasteiger partial charge in [-0.05, 0) is 26.7 Å². The van der Waals surface area contributed by atoms with E-state index in [0.717, 1.165) is 25.7 Å². The summed E-state index contributed by atoms with van der Waals surface area (Å²) < 4.78 is 11.4. The maximum Gasteiger partial charge on any atom is 0.303 e. The quantitative estimate of drug-likeness (QED) is 0.195. The monoisotopic (exact) mass is 458 g/mol. The molecule has 5 unspecified atom stereocenters. The average molecular weight is 459 g/mol. The van der Waals surface area contributed by atoms with Crippen molar-refractivity contribution in [3.8, 4) is 0 Å². The molecule has 1 aliphatic heterocycles. The van der Waals surface area contributed by atoms with Gasteiger partial charge in [0.25, 0.3) is 0 Å². The van der Waals surface area contributed by atoms with E-state index in [0.29, 0.717) is 12.8 Å². The van der Waals surface area contributed by atoms with Crippen molar-refractivity contribution in [1.82, 2.24) is 0 Å². The van der Waals surface area contributed by atoms with Gasteiger partial charge in [-0.1, -0.05) is 89.9 Å². The van der Waals surface area contributed by atoms with Gasteiger partial charge in [-0.15, -0.1) is 0 Å². The Bertz CT molecular complexity index is 458. The van der Waals surface area contributed by atoms with Crippen molar-refractivity contribution in [2.24, 2.45) is 0 Å². The van der Waals surface area contributed by atoms with Gasteiger partial charge in [0.15, 0.2) is 6.29 Å². The highest BCUT2D eigenvalue weighted by Gasteiger charge is 2.35. The Morgan fingerprint density at radius 1 is 0.812 bits per heavy atom. The van der Waals surface area contributed by atoms with Crippen LogP contribution in [-0.4, -0.2) is 52.0 Å². The summed E-state index contributed by atoms with van der Waals surface area (Å²) in [5, 5.41) is 28.3. The van der Waals surface area contributed by atoms with Gasteiger partial charge in [-0.3, -0.25) is 4.79 Å². The minimum absolute atomic E-state index is 0.0573. The maximum atomic E-state index is 10.4. The zero-order valence-electron chi connectivity index (χ0n) is 20.7. The van der Waals surface area contributed by atoms with E-state index >= 15 is 0 Å². The Hall–Kier alpha value is -0.690. The highest BCUT2D eigenvalue weighted by atomic mass is 16.7. The second-order valence-electron chi connectivity index (χ2n) is 9.76. The van der Waals surface area contributed by atoms with E-state index in [4.69, 9.17) is 14.6 Å². The third-order valence-corrected chi connectivity index (χ3v) is 6.56. The molecule has 1 rings (SSSR count). The lowest BCUT2D eigenvalue weighted by Crippen LogP contribution is -2.48. The molecule has 0 saturated carbocycles. The van der Waals surface area contributed by atoms with E-state index in [1.54, 1.807) is 0 Å². The summed E-state index contributed by atoms with van der Waals surface area (Å²) >= 11 is 0. The van der Waals surface area contributed by atoms with Crippen LogP contribution in [0.2, 0.25) is 0 Å². The molecule has 1 heterocycles. The first-order chi connectivity index (χ1) is 15.4. The van der Waals surface area contributed by atoms with E-state index in [-0.39, 0.29) is 12.2 Å². The number of hydrogen-bond donors (Lipinski definition) is 3. The van der Waals surface area contributed by atoms with Gasteiger partial charge in [-0.2, -0.15) is 0 Å². The minimum Gasteiger partial charge on any atom is -0.481 e. The number of hydrogen-bond acceptors (Lipinski definition) is 5. The molecule has 1 saturated heterocycles. The maximum absolute atomic E-state index is 10.4. The Balaban J connectivity index is 1.81. The number of aliphatic hydroxyl groups excluding tert-OH is 2. The minimum atomic E-state index is -0.751. The molecule has 32 heavy (non-hydrogen) atoms. The van der Waals surface area contributed by atoms with Crippen LogP contribution in [0.4, 0.5) is 0 Å². The molecule has 5 atom stereocenters. The Labute approximate surface area is 196 Å². The summed E-state index contributed by atoms with van der Waals surface area (Å²) in [5.74, 6) is -0.673. The number of ether oxygens (including phenoxy) is 2. The second kappa shape index (κ2) is 18.7. The molecule has 3 N–H and O–H groups in total. The Morgan fingerprint density at radius 2 is 1.25 bits per heavy atom. The molecule has 6 heteroatoms. The fraction of sp³-hybridized carbons (Fsp3) is 0.962. The standard InChI is InChI=1S/C26H50O6/c1-21(31-26-24(28)20-23(27)22(2)32-26)18-16-14-12-10-8-6-4-3-5-7-9-11-13-15-17-19-25(29)30/h21-24,26-28H,3-20H2,1-2H3,(H,29,30). The van der Waals surface area contributed by atoms with Gasteiger partial charge in [0.05, 0.1) is 18.3 Å². The predicted molar refractivity (Wildman–Crippen MR) is 128 cm³/mol. The summed E-state index contributed by atoms with van der Waals surface area (Å²) in [4.78, 5) is 10.4. The molecule has 0 amide bonds. The largest absolute Gasteiger partial charge is 0.481 e.